The second-order valence-corrected chi connectivity index (χ2v) is 7.84. The minimum Gasteiger partial charge on any atom is -0.350 e. The van der Waals surface area contributed by atoms with Crippen molar-refractivity contribution in [2.45, 2.75) is 17.9 Å². The van der Waals surface area contributed by atoms with Crippen molar-refractivity contribution in [1.29, 1.82) is 0 Å². The number of hydrogen-bond donors (Lipinski definition) is 2. The van der Waals surface area contributed by atoms with Gasteiger partial charge in [0.15, 0.2) is 4.96 Å². The van der Waals surface area contributed by atoms with E-state index in [0.717, 1.165) is 22.8 Å². The van der Waals surface area contributed by atoms with Crippen molar-refractivity contribution in [3.8, 4) is 0 Å². The average molecular weight is 382 g/mol. The van der Waals surface area contributed by atoms with Gasteiger partial charge in [-0.1, -0.05) is 0 Å². The van der Waals surface area contributed by atoms with Crippen LogP contribution >= 0.6 is 11.3 Å². The van der Waals surface area contributed by atoms with Gasteiger partial charge in [0.05, 0.1) is 17.1 Å². The number of amides is 1. The summed E-state index contributed by atoms with van der Waals surface area (Å²) in [5.41, 5.74) is 0.729. The van der Waals surface area contributed by atoms with Gasteiger partial charge in [-0.15, -0.1) is 11.3 Å². The van der Waals surface area contributed by atoms with Crippen LogP contribution in [-0.4, -0.2) is 30.3 Å². The van der Waals surface area contributed by atoms with Crippen molar-refractivity contribution in [2.75, 3.05) is 6.54 Å². The molecule has 3 aromatic rings. The Morgan fingerprint density at radius 1 is 1.28 bits per heavy atom. The lowest BCUT2D eigenvalue weighted by molar-refractivity contribution is -0.121. The molecule has 3 rings (SSSR count). The second kappa shape index (κ2) is 7.30. The highest BCUT2D eigenvalue weighted by atomic mass is 32.2. The first-order valence-electron chi connectivity index (χ1n) is 7.37. The summed E-state index contributed by atoms with van der Waals surface area (Å²) in [5, 5.41) is 4.60. The molecule has 1 aromatic carbocycles. The van der Waals surface area contributed by atoms with E-state index in [-0.39, 0.29) is 30.3 Å². The predicted molar refractivity (Wildman–Crippen MR) is 91.1 cm³/mol. The summed E-state index contributed by atoms with van der Waals surface area (Å²) >= 11 is 1.50. The van der Waals surface area contributed by atoms with Crippen LogP contribution < -0.4 is 10.0 Å². The monoisotopic (exact) mass is 382 g/mol. The molecule has 0 aliphatic rings. The summed E-state index contributed by atoms with van der Waals surface area (Å²) in [7, 11) is -3.76. The van der Waals surface area contributed by atoms with Gasteiger partial charge in [0, 0.05) is 30.7 Å². The third-order valence-corrected chi connectivity index (χ3v) is 5.63. The number of nitrogens with one attached hydrogen (secondary N) is 2. The zero-order valence-corrected chi connectivity index (χ0v) is 14.6. The normalized spacial score (nSPS) is 11.7. The number of hydrogen-bond acceptors (Lipinski definition) is 5. The zero-order chi connectivity index (χ0) is 17.9. The van der Waals surface area contributed by atoms with E-state index in [1.165, 1.54) is 23.5 Å². The number of nitrogens with zero attached hydrogens (tertiary/aromatic N) is 2. The quantitative estimate of drug-likeness (QED) is 0.648. The van der Waals surface area contributed by atoms with Crippen LogP contribution in [0.3, 0.4) is 0 Å². The highest BCUT2D eigenvalue weighted by molar-refractivity contribution is 7.89. The molecular weight excluding hydrogens is 367 g/mol. The highest BCUT2D eigenvalue weighted by Crippen LogP contribution is 2.11. The third kappa shape index (κ3) is 4.41. The molecule has 1 amide bonds. The first-order chi connectivity index (χ1) is 11.9. The third-order valence-electron chi connectivity index (χ3n) is 3.38. The molecule has 2 N–H and O–H groups in total. The highest BCUT2D eigenvalue weighted by Gasteiger charge is 2.14. The van der Waals surface area contributed by atoms with E-state index in [9.17, 15) is 17.6 Å². The average Bonchev–Trinajstić information content (AvgIpc) is 3.14. The van der Waals surface area contributed by atoms with Gasteiger partial charge in [-0.05, 0) is 24.3 Å². The lowest BCUT2D eigenvalue weighted by Gasteiger charge is -2.07. The van der Waals surface area contributed by atoms with Crippen molar-refractivity contribution in [3.63, 3.8) is 0 Å². The molecule has 0 fully saturated rings. The number of aromatic nitrogens is 2. The Morgan fingerprint density at radius 2 is 2.04 bits per heavy atom. The summed E-state index contributed by atoms with van der Waals surface area (Å²) in [6.07, 6.45) is 3.69. The molecule has 132 valence electrons. The topological polar surface area (TPSA) is 92.6 Å². The Morgan fingerprint density at radius 3 is 2.76 bits per heavy atom. The number of benzene rings is 1. The van der Waals surface area contributed by atoms with Crippen LogP contribution in [0.1, 0.15) is 12.1 Å². The zero-order valence-electron chi connectivity index (χ0n) is 13.0. The molecule has 0 spiro atoms. The number of carbonyl (C=O) groups is 1. The maximum absolute atomic E-state index is 12.8. The van der Waals surface area contributed by atoms with Crippen LogP contribution in [0, 0.1) is 5.82 Å². The molecule has 0 saturated carbocycles. The molecule has 7 nitrogen and oxygen atoms in total. The first kappa shape index (κ1) is 17.5. The maximum atomic E-state index is 12.8. The van der Waals surface area contributed by atoms with E-state index in [0.29, 0.717) is 0 Å². The van der Waals surface area contributed by atoms with E-state index >= 15 is 0 Å². The van der Waals surface area contributed by atoms with Gasteiger partial charge in [0.1, 0.15) is 5.82 Å². The van der Waals surface area contributed by atoms with Gasteiger partial charge in [-0.3, -0.25) is 9.20 Å². The van der Waals surface area contributed by atoms with Gasteiger partial charge in [-0.2, -0.15) is 0 Å². The Hall–Kier alpha value is -2.30. The summed E-state index contributed by atoms with van der Waals surface area (Å²) < 4.78 is 41.0. The molecule has 0 unspecified atom stereocenters. The maximum Gasteiger partial charge on any atom is 0.240 e. The summed E-state index contributed by atoms with van der Waals surface area (Å²) in [5.74, 6) is -0.810. The number of fused-ring (bicyclic) bond motifs is 1. The Kier molecular flexibility index (Phi) is 5.11. The predicted octanol–water partition coefficient (Wildman–Crippen LogP) is 1.52. The van der Waals surface area contributed by atoms with Crippen LogP contribution in [0.2, 0.25) is 0 Å². The number of rotatable bonds is 7. The van der Waals surface area contributed by atoms with Gasteiger partial charge in [0.25, 0.3) is 0 Å². The van der Waals surface area contributed by atoms with E-state index < -0.39 is 15.8 Å². The smallest absolute Gasteiger partial charge is 0.240 e. The van der Waals surface area contributed by atoms with Crippen molar-refractivity contribution >= 4 is 32.2 Å². The molecule has 0 bridgehead atoms. The summed E-state index contributed by atoms with van der Waals surface area (Å²) in [6.45, 7) is 0.224. The number of sulfonamides is 1. The minimum atomic E-state index is -3.76. The second-order valence-electron chi connectivity index (χ2n) is 5.20. The van der Waals surface area contributed by atoms with Crippen molar-refractivity contribution in [1.82, 2.24) is 19.4 Å². The van der Waals surface area contributed by atoms with Gasteiger partial charge in [-0.25, -0.2) is 22.5 Å². The van der Waals surface area contributed by atoms with Crippen LogP contribution in [0.4, 0.5) is 4.39 Å². The van der Waals surface area contributed by atoms with E-state index in [4.69, 9.17) is 0 Å². The Labute approximate surface area is 147 Å². The molecule has 0 atom stereocenters. The lowest BCUT2D eigenvalue weighted by atomic mass is 10.4. The van der Waals surface area contributed by atoms with E-state index in [2.05, 4.69) is 15.0 Å². The molecule has 0 saturated heterocycles. The van der Waals surface area contributed by atoms with Crippen LogP contribution in [0.15, 0.2) is 46.9 Å². The molecule has 2 aromatic heterocycles. The molecule has 2 heterocycles. The minimum absolute atomic E-state index is 0.0113. The first-order valence-corrected chi connectivity index (χ1v) is 9.73. The molecule has 10 heteroatoms. The molecule has 0 aliphatic carbocycles. The lowest BCUT2D eigenvalue weighted by Crippen LogP contribution is -2.30. The van der Waals surface area contributed by atoms with Crippen molar-refractivity contribution in [2.24, 2.45) is 0 Å². The fourth-order valence-corrected chi connectivity index (χ4v) is 3.89. The summed E-state index contributed by atoms with van der Waals surface area (Å²) in [4.78, 5) is 16.9. The van der Waals surface area contributed by atoms with E-state index in [1.54, 1.807) is 0 Å². The van der Waals surface area contributed by atoms with Crippen LogP contribution in [0.25, 0.3) is 4.96 Å². The Balaban J connectivity index is 1.45. The van der Waals surface area contributed by atoms with Crippen molar-refractivity contribution in [3.05, 3.63) is 53.6 Å². The van der Waals surface area contributed by atoms with Gasteiger partial charge >= 0.3 is 0 Å². The number of halogens is 1. The molecule has 0 radical (unpaired) electrons. The molecular formula is C15H15FN4O3S2. The van der Waals surface area contributed by atoms with Gasteiger partial charge in [0.2, 0.25) is 15.9 Å². The summed E-state index contributed by atoms with van der Waals surface area (Å²) in [6, 6.07) is 4.47. The largest absolute Gasteiger partial charge is 0.350 e. The van der Waals surface area contributed by atoms with Crippen LogP contribution in [0.5, 0.6) is 0 Å². The fourth-order valence-electron chi connectivity index (χ4n) is 2.13. The number of thiazole rings is 1. The van der Waals surface area contributed by atoms with E-state index in [1.807, 2.05) is 22.2 Å². The van der Waals surface area contributed by atoms with Crippen molar-refractivity contribution < 1.29 is 17.6 Å². The number of carbonyl (C=O) groups excluding carboxylic acids is 1. The molecule has 25 heavy (non-hydrogen) atoms. The standard InChI is InChI=1S/C15H15FN4O3S2/c16-11-1-3-13(4-2-11)25(22,23)18-6-5-14(21)17-9-12-10-20-7-8-24-15(20)19-12/h1-4,7-8,10,18H,5-6,9H2,(H,17,21). The molecule has 0 aliphatic heterocycles. The van der Waals surface area contributed by atoms with Crippen LogP contribution in [-0.2, 0) is 21.4 Å². The Bertz CT molecular complexity index is 951. The van der Waals surface area contributed by atoms with Gasteiger partial charge < -0.3 is 5.32 Å². The fraction of sp³-hybridized carbons (Fsp3) is 0.200. The number of imidazole rings is 1. The SMILES string of the molecule is O=C(CCNS(=O)(=O)c1ccc(F)cc1)NCc1cn2ccsc2n1.